The number of rotatable bonds is 6. The van der Waals surface area contributed by atoms with Crippen molar-refractivity contribution in [1.82, 2.24) is 20.5 Å². The van der Waals surface area contributed by atoms with E-state index in [9.17, 15) is 4.79 Å². The molecule has 0 fully saturated rings. The van der Waals surface area contributed by atoms with Gasteiger partial charge < -0.3 is 5.32 Å². The number of aromatic nitrogens is 3. The maximum atomic E-state index is 12.0. The number of carbonyl (C=O) groups is 1. The molecule has 1 amide bonds. The van der Waals surface area contributed by atoms with Crippen LogP contribution in [0.25, 0.3) is 0 Å². The second kappa shape index (κ2) is 7.09. The standard InChI is InChI=1S/C14H18N4OS/c1-3-12-16-14(18-17-12)20-11(13(19)15-2)9-10-7-5-4-6-8-10/h4-8,11H,3,9H2,1-2H3,(H,15,19)(H,16,17,18)/t11-/m0/s1. The third kappa shape index (κ3) is 3.84. The summed E-state index contributed by atoms with van der Waals surface area (Å²) in [6.07, 6.45) is 1.46. The number of aromatic amines is 1. The van der Waals surface area contributed by atoms with Crippen molar-refractivity contribution in [2.24, 2.45) is 0 Å². The average Bonchev–Trinajstić information content (AvgIpc) is 2.94. The molecule has 0 saturated carbocycles. The Morgan fingerprint density at radius 1 is 1.40 bits per heavy atom. The van der Waals surface area contributed by atoms with E-state index in [-0.39, 0.29) is 11.2 Å². The first-order chi connectivity index (χ1) is 9.72. The van der Waals surface area contributed by atoms with Gasteiger partial charge in [-0.1, -0.05) is 49.0 Å². The van der Waals surface area contributed by atoms with Gasteiger partial charge in [-0.3, -0.25) is 9.89 Å². The van der Waals surface area contributed by atoms with Gasteiger partial charge in [-0.15, -0.1) is 5.10 Å². The van der Waals surface area contributed by atoms with Gasteiger partial charge in [0.15, 0.2) is 0 Å². The fraction of sp³-hybridized carbons (Fsp3) is 0.357. The lowest BCUT2D eigenvalue weighted by Gasteiger charge is -2.13. The van der Waals surface area contributed by atoms with Crippen LogP contribution in [-0.2, 0) is 17.6 Å². The van der Waals surface area contributed by atoms with Crippen molar-refractivity contribution in [1.29, 1.82) is 0 Å². The zero-order valence-electron chi connectivity index (χ0n) is 11.6. The Hall–Kier alpha value is -1.82. The number of benzene rings is 1. The minimum absolute atomic E-state index is 0.0123. The average molecular weight is 290 g/mol. The van der Waals surface area contributed by atoms with Crippen LogP contribution in [0.1, 0.15) is 18.3 Å². The van der Waals surface area contributed by atoms with Crippen molar-refractivity contribution in [2.45, 2.75) is 30.2 Å². The molecule has 0 bridgehead atoms. The van der Waals surface area contributed by atoms with Crippen LogP contribution in [0.2, 0.25) is 0 Å². The molecular weight excluding hydrogens is 272 g/mol. The smallest absolute Gasteiger partial charge is 0.233 e. The molecule has 6 heteroatoms. The van der Waals surface area contributed by atoms with E-state index in [4.69, 9.17) is 0 Å². The fourth-order valence-corrected chi connectivity index (χ4v) is 2.81. The number of hydrogen-bond acceptors (Lipinski definition) is 4. The lowest BCUT2D eigenvalue weighted by atomic mass is 10.1. The number of carbonyl (C=O) groups excluding carboxylic acids is 1. The monoisotopic (exact) mass is 290 g/mol. The number of aryl methyl sites for hydroxylation is 1. The zero-order valence-corrected chi connectivity index (χ0v) is 12.4. The van der Waals surface area contributed by atoms with Gasteiger partial charge >= 0.3 is 0 Å². The lowest BCUT2D eigenvalue weighted by molar-refractivity contribution is -0.120. The van der Waals surface area contributed by atoms with Crippen LogP contribution in [0.15, 0.2) is 35.5 Å². The summed E-state index contributed by atoms with van der Waals surface area (Å²) < 4.78 is 0. The molecule has 0 aliphatic heterocycles. The largest absolute Gasteiger partial charge is 0.358 e. The highest BCUT2D eigenvalue weighted by Crippen LogP contribution is 2.23. The van der Waals surface area contributed by atoms with Crippen LogP contribution >= 0.6 is 11.8 Å². The molecule has 1 heterocycles. The Kier molecular flexibility index (Phi) is 5.17. The molecule has 0 saturated heterocycles. The van der Waals surface area contributed by atoms with Crippen LogP contribution in [0, 0.1) is 0 Å². The first-order valence-corrected chi connectivity index (χ1v) is 7.44. The summed E-state index contributed by atoms with van der Waals surface area (Å²) in [6, 6.07) is 9.96. The van der Waals surface area contributed by atoms with Crippen LogP contribution in [0.4, 0.5) is 0 Å². The lowest BCUT2D eigenvalue weighted by Crippen LogP contribution is -2.31. The molecular formula is C14H18N4OS. The normalized spacial score (nSPS) is 12.1. The van der Waals surface area contributed by atoms with E-state index >= 15 is 0 Å². The molecule has 0 spiro atoms. The van der Waals surface area contributed by atoms with E-state index in [0.717, 1.165) is 17.8 Å². The topological polar surface area (TPSA) is 70.7 Å². The molecule has 0 radical (unpaired) electrons. The highest BCUT2D eigenvalue weighted by Gasteiger charge is 2.21. The highest BCUT2D eigenvalue weighted by molar-refractivity contribution is 8.00. The molecule has 1 aromatic carbocycles. The van der Waals surface area contributed by atoms with Gasteiger partial charge in [-0.25, -0.2) is 4.98 Å². The van der Waals surface area contributed by atoms with Gasteiger partial charge in [-0.05, 0) is 12.0 Å². The number of thioether (sulfide) groups is 1. The predicted molar refractivity (Wildman–Crippen MR) is 79.6 cm³/mol. The van der Waals surface area contributed by atoms with Gasteiger partial charge in [0.05, 0.1) is 5.25 Å². The maximum absolute atomic E-state index is 12.0. The summed E-state index contributed by atoms with van der Waals surface area (Å²) in [5, 5.41) is 10.1. The SMILES string of the molecule is CCc1nc(S[C@@H](Cc2ccccc2)C(=O)NC)n[nH]1. The Labute approximate surface area is 122 Å². The molecule has 0 aliphatic rings. The Bertz CT molecular complexity index is 555. The fourth-order valence-electron chi connectivity index (χ4n) is 1.79. The van der Waals surface area contributed by atoms with Gasteiger partial charge in [0.1, 0.15) is 5.82 Å². The van der Waals surface area contributed by atoms with Crippen LogP contribution < -0.4 is 5.32 Å². The van der Waals surface area contributed by atoms with E-state index < -0.39 is 0 Å². The van der Waals surface area contributed by atoms with Gasteiger partial charge in [0.25, 0.3) is 0 Å². The van der Waals surface area contributed by atoms with Gasteiger partial charge in [0, 0.05) is 13.5 Å². The second-order valence-corrected chi connectivity index (χ2v) is 5.50. The quantitative estimate of drug-likeness (QED) is 0.796. The van der Waals surface area contributed by atoms with Gasteiger partial charge in [-0.2, -0.15) is 0 Å². The van der Waals surface area contributed by atoms with Crippen LogP contribution in [0.5, 0.6) is 0 Å². The summed E-state index contributed by atoms with van der Waals surface area (Å²) >= 11 is 1.39. The van der Waals surface area contributed by atoms with Crippen molar-refractivity contribution >= 4 is 17.7 Å². The summed E-state index contributed by atoms with van der Waals surface area (Å²) in [5.74, 6) is 0.824. The van der Waals surface area contributed by atoms with Crippen molar-refractivity contribution in [2.75, 3.05) is 7.05 Å². The van der Waals surface area contributed by atoms with E-state index in [1.54, 1.807) is 7.05 Å². The van der Waals surface area contributed by atoms with Crippen molar-refractivity contribution < 1.29 is 4.79 Å². The van der Waals surface area contributed by atoms with E-state index in [1.807, 2.05) is 37.3 Å². The first-order valence-electron chi connectivity index (χ1n) is 6.56. The first kappa shape index (κ1) is 14.6. The Morgan fingerprint density at radius 3 is 2.75 bits per heavy atom. The van der Waals surface area contributed by atoms with Crippen molar-refractivity contribution in [3.8, 4) is 0 Å². The molecule has 0 unspecified atom stereocenters. The molecule has 2 N–H and O–H groups in total. The Balaban J connectivity index is 2.09. The summed E-state index contributed by atoms with van der Waals surface area (Å²) in [4.78, 5) is 16.3. The van der Waals surface area contributed by atoms with E-state index in [0.29, 0.717) is 11.6 Å². The third-order valence-corrected chi connectivity index (χ3v) is 3.96. The Morgan fingerprint density at radius 2 is 2.15 bits per heavy atom. The number of nitrogens with one attached hydrogen (secondary N) is 2. The number of H-pyrrole nitrogens is 1. The highest BCUT2D eigenvalue weighted by atomic mass is 32.2. The number of hydrogen-bond donors (Lipinski definition) is 2. The van der Waals surface area contributed by atoms with Crippen LogP contribution in [0.3, 0.4) is 0 Å². The molecule has 0 aliphatic carbocycles. The van der Waals surface area contributed by atoms with E-state index in [1.165, 1.54) is 11.8 Å². The molecule has 106 valence electrons. The number of amides is 1. The predicted octanol–water partition coefficient (Wildman–Crippen LogP) is 1.82. The summed E-state index contributed by atoms with van der Waals surface area (Å²) in [5.41, 5.74) is 1.12. The summed E-state index contributed by atoms with van der Waals surface area (Å²) in [6.45, 7) is 2.01. The summed E-state index contributed by atoms with van der Waals surface area (Å²) in [7, 11) is 1.65. The number of nitrogens with zero attached hydrogens (tertiary/aromatic N) is 2. The zero-order chi connectivity index (χ0) is 14.4. The molecule has 20 heavy (non-hydrogen) atoms. The third-order valence-electron chi connectivity index (χ3n) is 2.90. The molecule has 2 aromatic rings. The minimum atomic E-state index is -0.233. The molecule has 1 atom stereocenters. The van der Waals surface area contributed by atoms with Crippen LogP contribution in [-0.4, -0.2) is 33.4 Å². The minimum Gasteiger partial charge on any atom is -0.358 e. The van der Waals surface area contributed by atoms with Gasteiger partial charge in [0.2, 0.25) is 11.1 Å². The maximum Gasteiger partial charge on any atom is 0.233 e. The molecule has 2 rings (SSSR count). The molecule has 5 nitrogen and oxygen atoms in total. The second-order valence-electron chi connectivity index (χ2n) is 4.33. The van der Waals surface area contributed by atoms with E-state index in [2.05, 4.69) is 20.5 Å². The molecule has 1 aromatic heterocycles. The van der Waals surface area contributed by atoms with Crippen molar-refractivity contribution in [3.63, 3.8) is 0 Å². The van der Waals surface area contributed by atoms with Crippen molar-refractivity contribution in [3.05, 3.63) is 41.7 Å².